The second-order valence-corrected chi connectivity index (χ2v) is 2.32. The first-order valence-electron chi connectivity index (χ1n) is 3.21. The van der Waals surface area contributed by atoms with Crippen molar-refractivity contribution in [2.45, 2.75) is 6.04 Å². The van der Waals surface area contributed by atoms with Crippen molar-refractivity contribution in [1.82, 2.24) is 5.32 Å². The molecule has 0 aromatic carbocycles. The summed E-state index contributed by atoms with van der Waals surface area (Å²) in [5.74, 6) is -0.434. The van der Waals surface area contributed by atoms with Crippen molar-refractivity contribution < 1.29 is 9.18 Å². The minimum absolute atomic E-state index is 0.192. The molecule has 0 aromatic rings. The number of nitrogens with zero attached hydrogens (tertiary/aromatic N) is 1. The smallest absolute Gasteiger partial charge is 0.324 e. The van der Waals surface area contributed by atoms with Crippen LogP contribution in [0.25, 0.3) is 0 Å². The summed E-state index contributed by atoms with van der Waals surface area (Å²) in [4.78, 5) is 14.1. The van der Waals surface area contributed by atoms with Crippen LogP contribution in [-0.4, -0.2) is 17.8 Å². The van der Waals surface area contributed by atoms with Crippen LogP contribution in [-0.2, 0) is 0 Å². The van der Waals surface area contributed by atoms with Crippen molar-refractivity contribution in [2.24, 2.45) is 4.99 Å². The highest BCUT2D eigenvalue weighted by molar-refractivity contribution is 6.14. The maximum absolute atomic E-state index is 12.8. The second-order valence-electron chi connectivity index (χ2n) is 2.32. The molecule has 2 amide bonds. The predicted octanol–water partition coefficient (Wildman–Crippen LogP) is 0.942. The lowest BCUT2D eigenvalue weighted by Gasteiger charge is -2.08. The fourth-order valence-electron chi connectivity index (χ4n) is 1.09. The molecule has 0 fully saturated rings. The lowest BCUT2D eigenvalue weighted by atomic mass is 10.1. The van der Waals surface area contributed by atoms with E-state index < -0.39 is 11.9 Å². The molecule has 1 aliphatic heterocycles. The Kier molecular flexibility index (Phi) is 1.15. The molecule has 2 aliphatic rings. The number of amides is 2. The van der Waals surface area contributed by atoms with Gasteiger partial charge >= 0.3 is 6.03 Å². The number of urea groups is 1. The Morgan fingerprint density at radius 3 is 3.18 bits per heavy atom. The summed E-state index contributed by atoms with van der Waals surface area (Å²) >= 11 is 0. The van der Waals surface area contributed by atoms with Crippen molar-refractivity contribution in [3.05, 3.63) is 24.1 Å². The molecule has 3 nitrogen and oxygen atoms in total. The molecule has 1 atom stereocenters. The Labute approximate surface area is 62.3 Å². The molecule has 56 valence electrons. The molecular formula is C7H5FN2O. The van der Waals surface area contributed by atoms with E-state index in [2.05, 4.69) is 10.3 Å². The number of nitrogens with one attached hydrogen (secondary N) is 1. The van der Waals surface area contributed by atoms with Gasteiger partial charge in [0, 0.05) is 0 Å². The number of aliphatic imine (C=N–C) groups is 1. The summed E-state index contributed by atoms with van der Waals surface area (Å²) in [6, 6.07) is -0.826. The first-order valence-corrected chi connectivity index (χ1v) is 3.21. The number of fused-ring (bicyclic) bond motifs is 1. The van der Waals surface area contributed by atoms with Crippen LogP contribution in [0, 0.1) is 0 Å². The van der Waals surface area contributed by atoms with Gasteiger partial charge in [-0.2, -0.15) is 4.99 Å². The van der Waals surface area contributed by atoms with E-state index in [1.54, 1.807) is 12.2 Å². The zero-order valence-electron chi connectivity index (χ0n) is 5.54. The largest absolute Gasteiger partial charge is 0.342 e. The Balaban J connectivity index is 2.43. The van der Waals surface area contributed by atoms with E-state index in [-0.39, 0.29) is 11.8 Å². The lowest BCUT2D eigenvalue weighted by Crippen LogP contribution is -2.31. The number of allylic oxidation sites excluding steroid dienone is 2. The Morgan fingerprint density at radius 2 is 2.45 bits per heavy atom. The predicted molar refractivity (Wildman–Crippen MR) is 38.1 cm³/mol. The summed E-state index contributed by atoms with van der Waals surface area (Å²) in [5.41, 5.74) is 0.192. The standard InChI is InChI=1S/C7H5FN2O/c8-4-2-1-3-5-6(4)10-7(11)9-5/h1-3,5H,(H,9,11). The fraction of sp³-hybridized carbons (Fsp3) is 0.143. The highest BCUT2D eigenvalue weighted by Crippen LogP contribution is 2.15. The Morgan fingerprint density at radius 1 is 1.64 bits per heavy atom. The van der Waals surface area contributed by atoms with Gasteiger partial charge < -0.3 is 5.32 Å². The molecular weight excluding hydrogens is 147 g/mol. The van der Waals surface area contributed by atoms with Crippen molar-refractivity contribution in [1.29, 1.82) is 0 Å². The topological polar surface area (TPSA) is 41.5 Å². The van der Waals surface area contributed by atoms with Crippen LogP contribution in [0.1, 0.15) is 0 Å². The quantitative estimate of drug-likeness (QED) is 0.551. The summed E-state index contributed by atoms with van der Waals surface area (Å²) in [6.07, 6.45) is 4.53. The van der Waals surface area contributed by atoms with E-state index in [4.69, 9.17) is 0 Å². The first kappa shape index (κ1) is 6.27. The van der Waals surface area contributed by atoms with Crippen molar-refractivity contribution in [2.75, 3.05) is 0 Å². The van der Waals surface area contributed by atoms with E-state index >= 15 is 0 Å². The average Bonchev–Trinajstić information content (AvgIpc) is 2.31. The fourth-order valence-corrected chi connectivity index (χ4v) is 1.09. The minimum atomic E-state index is -0.472. The number of hydrogen-bond acceptors (Lipinski definition) is 1. The van der Waals surface area contributed by atoms with Crippen LogP contribution in [0.4, 0.5) is 9.18 Å². The monoisotopic (exact) mass is 152 g/mol. The van der Waals surface area contributed by atoms with E-state index in [1.807, 2.05) is 0 Å². The van der Waals surface area contributed by atoms with Gasteiger partial charge in [-0.15, -0.1) is 0 Å². The zero-order valence-corrected chi connectivity index (χ0v) is 5.54. The van der Waals surface area contributed by atoms with Gasteiger partial charge in [0.1, 0.15) is 11.5 Å². The third kappa shape index (κ3) is 0.869. The summed E-state index contributed by atoms with van der Waals surface area (Å²) in [5, 5.41) is 2.48. The van der Waals surface area contributed by atoms with Gasteiger partial charge in [-0.3, -0.25) is 0 Å². The molecule has 1 aliphatic carbocycles. The molecule has 2 rings (SSSR count). The molecule has 11 heavy (non-hydrogen) atoms. The average molecular weight is 152 g/mol. The van der Waals surface area contributed by atoms with Gasteiger partial charge in [-0.1, -0.05) is 12.2 Å². The Bertz CT molecular complexity index is 304. The van der Waals surface area contributed by atoms with Crippen LogP contribution >= 0.6 is 0 Å². The third-order valence-corrected chi connectivity index (χ3v) is 1.59. The molecule has 1 heterocycles. The summed E-state index contributed by atoms with van der Waals surface area (Å²) < 4.78 is 12.8. The van der Waals surface area contributed by atoms with Crippen molar-refractivity contribution in [3.8, 4) is 0 Å². The second kappa shape index (κ2) is 2.02. The molecule has 0 bridgehead atoms. The van der Waals surface area contributed by atoms with Gasteiger partial charge in [0.2, 0.25) is 0 Å². The van der Waals surface area contributed by atoms with Gasteiger partial charge in [-0.05, 0) is 6.08 Å². The normalized spacial score (nSPS) is 27.4. The number of hydrogen-bond donors (Lipinski definition) is 1. The van der Waals surface area contributed by atoms with Gasteiger partial charge in [0.15, 0.2) is 0 Å². The van der Waals surface area contributed by atoms with Crippen LogP contribution < -0.4 is 5.32 Å². The molecule has 0 saturated carbocycles. The molecule has 0 aromatic heterocycles. The molecule has 0 spiro atoms. The van der Waals surface area contributed by atoms with E-state index in [0.717, 1.165) is 0 Å². The van der Waals surface area contributed by atoms with Crippen LogP contribution in [0.5, 0.6) is 0 Å². The maximum Gasteiger partial charge on any atom is 0.342 e. The highest BCUT2D eigenvalue weighted by Gasteiger charge is 2.27. The SMILES string of the molecule is O=C1N=C2C(F)=CC=CC2N1. The minimum Gasteiger partial charge on any atom is -0.324 e. The maximum atomic E-state index is 12.8. The van der Waals surface area contributed by atoms with Gasteiger partial charge in [0.05, 0.1) is 6.04 Å². The molecule has 4 heteroatoms. The van der Waals surface area contributed by atoms with Crippen LogP contribution in [0.15, 0.2) is 29.0 Å². The Hall–Kier alpha value is -1.45. The van der Waals surface area contributed by atoms with Crippen LogP contribution in [0.3, 0.4) is 0 Å². The number of carbonyl (C=O) groups excluding carboxylic acids is 1. The molecule has 0 saturated heterocycles. The van der Waals surface area contributed by atoms with E-state index in [1.165, 1.54) is 6.08 Å². The number of halogens is 1. The first-order chi connectivity index (χ1) is 5.27. The van der Waals surface area contributed by atoms with E-state index in [9.17, 15) is 9.18 Å². The molecule has 1 N–H and O–H groups in total. The summed E-state index contributed by atoms with van der Waals surface area (Å²) in [7, 11) is 0. The summed E-state index contributed by atoms with van der Waals surface area (Å²) in [6.45, 7) is 0. The van der Waals surface area contributed by atoms with Gasteiger partial charge in [-0.25, -0.2) is 9.18 Å². The molecule has 0 radical (unpaired) electrons. The highest BCUT2D eigenvalue weighted by atomic mass is 19.1. The van der Waals surface area contributed by atoms with Crippen molar-refractivity contribution >= 4 is 11.7 Å². The van der Waals surface area contributed by atoms with Crippen molar-refractivity contribution in [3.63, 3.8) is 0 Å². The van der Waals surface area contributed by atoms with Gasteiger partial charge in [0.25, 0.3) is 0 Å². The molecule has 1 unspecified atom stereocenters. The lowest BCUT2D eigenvalue weighted by molar-refractivity contribution is 0.251. The number of rotatable bonds is 0. The van der Waals surface area contributed by atoms with Crippen LogP contribution in [0.2, 0.25) is 0 Å². The number of carbonyl (C=O) groups is 1. The van der Waals surface area contributed by atoms with E-state index in [0.29, 0.717) is 0 Å². The zero-order chi connectivity index (χ0) is 7.84. The third-order valence-electron chi connectivity index (χ3n) is 1.59.